The molecule has 1 aromatic heterocycles. The molecule has 2 rings (SSSR count). The molecule has 0 unspecified atom stereocenters. The number of thiophene rings is 1. The number of esters is 2. The Hall–Kier alpha value is -2.42. The van der Waals surface area contributed by atoms with Crippen LogP contribution in [-0.4, -0.2) is 40.1 Å². The highest BCUT2D eigenvalue weighted by Crippen LogP contribution is 2.36. The first kappa shape index (κ1) is 33.8. The van der Waals surface area contributed by atoms with Crippen molar-refractivity contribution in [3.05, 3.63) is 57.3 Å². The Kier molecular flexibility index (Phi) is 13.6. The molecule has 2 aromatic rings. The lowest BCUT2D eigenvalue weighted by molar-refractivity contribution is 0.0397. The molecule has 1 heterocycles. The third kappa shape index (κ3) is 8.54. The Balaban J connectivity index is 2.12. The summed E-state index contributed by atoms with van der Waals surface area (Å²) in [4.78, 5) is 25.5. The second-order valence-electron chi connectivity index (χ2n) is 10.2. The summed E-state index contributed by atoms with van der Waals surface area (Å²) in [6.07, 6.45) is 7.49. The normalized spacial score (nSPS) is 12.3. The second-order valence-corrected chi connectivity index (χ2v) is 15.8. The van der Waals surface area contributed by atoms with E-state index in [-0.39, 0.29) is 16.7 Å². The van der Waals surface area contributed by atoms with Gasteiger partial charge in [0.25, 0.3) is 0 Å². The first-order chi connectivity index (χ1) is 19.2. The SMILES string of the molecule is CCC(=CCCC(CC)(CC)O[Si](CC)(CC)CC)c1cc(COc2ccc(C(=O)OC)c(C(=O)OC)c2)cs1. The molecule has 0 aliphatic rings. The molecule has 0 bridgehead atoms. The van der Waals surface area contributed by atoms with Crippen LogP contribution in [0.1, 0.15) is 105 Å². The smallest absolute Gasteiger partial charge is 0.338 e. The van der Waals surface area contributed by atoms with Crippen molar-refractivity contribution in [1.29, 1.82) is 0 Å². The van der Waals surface area contributed by atoms with Crippen molar-refractivity contribution in [1.82, 2.24) is 0 Å². The van der Waals surface area contributed by atoms with Gasteiger partial charge in [-0.1, -0.05) is 47.6 Å². The zero-order valence-electron chi connectivity index (χ0n) is 25.7. The molecule has 1 aromatic carbocycles. The van der Waals surface area contributed by atoms with Crippen LogP contribution in [0.2, 0.25) is 18.1 Å². The van der Waals surface area contributed by atoms with Gasteiger partial charge in [-0.25, -0.2) is 9.59 Å². The van der Waals surface area contributed by atoms with Crippen molar-refractivity contribution in [2.45, 2.75) is 104 Å². The molecule has 0 saturated carbocycles. The van der Waals surface area contributed by atoms with E-state index in [0.29, 0.717) is 12.4 Å². The Labute approximate surface area is 246 Å². The second kappa shape index (κ2) is 16.1. The number of rotatable bonds is 17. The number of carbonyl (C=O) groups is 2. The lowest BCUT2D eigenvalue weighted by Gasteiger charge is -2.42. The van der Waals surface area contributed by atoms with E-state index < -0.39 is 20.3 Å². The molecule has 0 aliphatic heterocycles. The summed E-state index contributed by atoms with van der Waals surface area (Å²) in [5.74, 6) is -0.736. The largest absolute Gasteiger partial charge is 0.489 e. The van der Waals surface area contributed by atoms with E-state index in [1.807, 2.05) is 0 Å². The third-order valence-corrected chi connectivity index (χ3v) is 14.0. The van der Waals surface area contributed by atoms with Crippen LogP contribution in [0.4, 0.5) is 0 Å². The summed E-state index contributed by atoms with van der Waals surface area (Å²) in [6.45, 7) is 14.0. The standard InChI is InChI=1S/C32H48O6SSi/c1-9-25(16-15-19-32(10-2,11-3)38-40(12-4,13-5)14-6)29-20-24(23-39-29)22-37-26-17-18-27(30(33)35-7)28(21-26)31(34)36-8/h16-18,20-21,23H,9-15,19,22H2,1-8H3. The maximum Gasteiger partial charge on any atom is 0.338 e. The van der Waals surface area contributed by atoms with Gasteiger partial charge in [-0.05, 0) is 85.5 Å². The van der Waals surface area contributed by atoms with Crippen molar-refractivity contribution in [3.63, 3.8) is 0 Å². The van der Waals surface area contributed by atoms with Gasteiger partial charge in [-0.2, -0.15) is 0 Å². The number of methoxy groups -OCH3 is 2. The fourth-order valence-corrected chi connectivity index (χ4v) is 9.37. The Morgan fingerprint density at radius 3 is 2.08 bits per heavy atom. The van der Waals surface area contributed by atoms with Crippen LogP contribution in [0.25, 0.3) is 5.57 Å². The summed E-state index contributed by atoms with van der Waals surface area (Å²) < 4.78 is 22.6. The summed E-state index contributed by atoms with van der Waals surface area (Å²) in [6, 6.07) is 10.4. The molecule has 6 nitrogen and oxygen atoms in total. The summed E-state index contributed by atoms with van der Waals surface area (Å²) >= 11 is 1.72. The van der Waals surface area contributed by atoms with E-state index in [1.54, 1.807) is 17.4 Å². The van der Waals surface area contributed by atoms with E-state index in [9.17, 15) is 9.59 Å². The van der Waals surface area contributed by atoms with Gasteiger partial charge in [0.15, 0.2) is 8.32 Å². The minimum absolute atomic E-state index is 0.0372. The molecule has 40 heavy (non-hydrogen) atoms. The monoisotopic (exact) mass is 588 g/mol. The van der Waals surface area contributed by atoms with Crippen LogP contribution >= 0.6 is 11.3 Å². The molecular formula is C32H48O6SSi. The van der Waals surface area contributed by atoms with Crippen LogP contribution in [-0.2, 0) is 20.5 Å². The van der Waals surface area contributed by atoms with Gasteiger partial charge < -0.3 is 18.6 Å². The van der Waals surface area contributed by atoms with Crippen molar-refractivity contribution in [2.24, 2.45) is 0 Å². The van der Waals surface area contributed by atoms with Gasteiger partial charge in [0.2, 0.25) is 0 Å². The zero-order valence-corrected chi connectivity index (χ0v) is 27.5. The van der Waals surface area contributed by atoms with Crippen LogP contribution < -0.4 is 4.74 Å². The maximum atomic E-state index is 12.2. The van der Waals surface area contributed by atoms with Gasteiger partial charge in [-0.3, -0.25) is 0 Å². The summed E-state index contributed by atoms with van der Waals surface area (Å²) in [5, 5.41) is 2.11. The number of allylic oxidation sites excluding steroid dienone is 2. The van der Waals surface area contributed by atoms with Crippen molar-refractivity contribution in [2.75, 3.05) is 14.2 Å². The summed E-state index contributed by atoms with van der Waals surface area (Å²) in [7, 11) is 0.866. The molecule has 0 saturated heterocycles. The zero-order chi connectivity index (χ0) is 29.8. The number of carbonyl (C=O) groups excluding carboxylic acids is 2. The molecule has 0 amide bonds. The van der Waals surface area contributed by atoms with E-state index in [1.165, 1.54) is 54.9 Å². The number of hydrogen-bond acceptors (Lipinski definition) is 7. The van der Waals surface area contributed by atoms with Crippen LogP contribution in [0, 0.1) is 0 Å². The van der Waals surface area contributed by atoms with Crippen molar-refractivity contribution >= 4 is 37.2 Å². The average molecular weight is 589 g/mol. The molecular weight excluding hydrogens is 540 g/mol. The van der Waals surface area contributed by atoms with Crippen molar-refractivity contribution in [3.8, 4) is 5.75 Å². The molecule has 0 aliphatic carbocycles. The number of benzene rings is 1. The lowest BCUT2D eigenvalue weighted by atomic mass is 9.91. The first-order valence-corrected chi connectivity index (χ1v) is 18.0. The van der Waals surface area contributed by atoms with Gasteiger partial charge in [0.05, 0.1) is 30.9 Å². The highest BCUT2D eigenvalue weighted by atomic mass is 32.1. The minimum atomic E-state index is -1.68. The minimum Gasteiger partial charge on any atom is -0.489 e. The van der Waals surface area contributed by atoms with Gasteiger partial charge in [0, 0.05) is 10.4 Å². The predicted octanol–water partition coefficient (Wildman–Crippen LogP) is 9.05. The Bertz CT molecular complexity index is 1120. The van der Waals surface area contributed by atoms with E-state index in [2.05, 4.69) is 59.1 Å². The van der Waals surface area contributed by atoms with E-state index in [0.717, 1.165) is 37.7 Å². The topological polar surface area (TPSA) is 71.1 Å². The highest BCUT2D eigenvalue weighted by Gasteiger charge is 2.38. The fourth-order valence-electron chi connectivity index (χ4n) is 5.12. The van der Waals surface area contributed by atoms with Gasteiger partial charge in [-0.15, -0.1) is 11.3 Å². The third-order valence-electron chi connectivity index (χ3n) is 8.20. The van der Waals surface area contributed by atoms with E-state index >= 15 is 0 Å². The van der Waals surface area contributed by atoms with Crippen LogP contribution in [0.15, 0.2) is 35.7 Å². The van der Waals surface area contributed by atoms with Crippen LogP contribution in [0.5, 0.6) is 5.75 Å². The van der Waals surface area contributed by atoms with Crippen molar-refractivity contribution < 1.29 is 28.2 Å². The molecule has 0 atom stereocenters. The average Bonchev–Trinajstić information content (AvgIpc) is 3.48. The molecule has 222 valence electrons. The lowest BCUT2D eigenvalue weighted by Crippen LogP contribution is -2.46. The first-order valence-electron chi connectivity index (χ1n) is 14.6. The number of ether oxygens (including phenoxy) is 3. The van der Waals surface area contributed by atoms with Gasteiger partial charge >= 0.3 is 11.9 Å². The van der Waals surface area contributed by atoms with E-state index in [4.69, 9.17) is 18.6 Å². The Morgan fingerprint density at radius 1 is 0.900 bits per heavy atom. The predicted molar refractivity (Wildman–Crippen MR) is 167 cm³/mol. The molecule has 0 radical (unpaired) electrons. The highest BCUT2D eigenvalue weighted by molar-refractivity contribution is 7.11. The molecule has 0 N–H and O–H groups in total. The van der Waals surface area contributed by atoms with Gasteiger partial charge in [0.1, 0.15) is 12.4 Å². The van der Waals surface area contributed by atoms with Crippen LogP contribution in [0.3, 0.4) is 0 Å². The molecule has 0 spiro atoms. The molecule has 8 heteroatoms. The fraction of sp³-hybridized carbons (Fsp3) is 0.562. The Morgan fingerprint density at radius 2 is 1.52 bits per heavy atom. The number of hydrogen-bond donors (Lipinski definition) is 0. The molecule has 0 fully saturated rings. The quantitative estimate of drug-likeness (QED) is 0.136. The summed E-state index contributed by atoms with van der Waals surface area (Å²) in [5.41, 5.74) is 2.62. The maximum absolute atomic E-state index is 12.2.